The Kier molecular flexibility index (Phi) is 6.21. The van der Waals surface area contributed by atoms with Crippen LogP contribution in [0, 0.1) is 6.92 Å². The van der Waals surface area contributed by atoms with Gasteiger partial charge in [0.25, 0.3) is 0 Å². The van der Waals surface area contributed by atoms with Crippen molar-refractivity contribution in [1.82, 2.24) is 15.3 Å². The van der Waals surface area contributed by atoms with Gasteiger partial charge in [-0.05, 0) is 26.0 Å². The van der Waals surface area contributed by atoms with Gasteiger partial charge in [0.1, 0.15) is 10.8 Å². The van der Waals surface area contributed by atoms with E-state index in [9.17, 15) is 0 Å². The van der Waals surface area contributed by atoms with Crippen LogP contribution in [-0.2, 0) is 10.5 Å². The van der Waals surface area contributed by atoms with Crippen molar-refractivity contribution in [2.24, 2.45) is 0 Å². The summed E-state index contributed by atoms with van der Waals surface area (Å²) in [7, 11) is 0. The van der Waals surface area contributed by atoms with Crippen LogP contribution in [0.1, 0.15) is 24.8 Å². The molecule has 2 aliphatic rings. The van der Waals surface area contributed by atoms with Gasteiger partial charge in [0, 0.05) is 31.5 Å². The first kappa shape index (κ1) is 17.8. The quantitative estimate of drug-likeness (QED) is 0.835. The Hall–Kier alpha value is -1.02. The average Bonchev–Trinajstić information content (AvgIpc) is 3.33. The lowest BCUT2D eigenvalue weighted by Gasteiger charge is -2.25. The lowest BCUT2D eigenvalue weighted by Crippen LogP contribution is -2.42. The molecule has 2 unspecified atom stereocenters. The molecule has 2 saturated heterocycles. The number of rotatable bonds is 3. The van der Waals surface area contributed by atoms with E-state index in [1.807, 2.05) is 30.8 Å². The molecule has 130 valence electrons. The van der Waals surface area contributed by atoms with Crippen LogP contribution in [0.4, 0.5) is 0 Å². The number of ether oxygens (including phenoxy) is 1. The highest BCUT2D eigenvalue weighted by molar-refractivity contribution is 8.01. The number of furan rings is 1. The lowest BCUT2D eigenvalue weighted by molar-refractivity contribution is 0.109. The topological polar surface area (TPSA) is 60.2 Å². The van der Waals surface area contributed by atoms with Crippen molar-refractivity contribution in [2.45, 2.75) is 42.0 Å². The Balaban J connectivity index is 0.000000149. The zero-order chi connectivity index (χ0) is 16.8. The summed E-state index contributed by atoms with van der Waals surface area (Å²) in [6.45, 7) is 6.17. The maximum absolute atomic E-state index is 5.51. The van der Waals surface area contributed by atoms with Crippen molar-refractivity contribution >= 4 is 23.5 Å². The van der Waals surface area contributed by atoms with Gasteiger partial charge >= 0.3 is 0 Å². The number of nitrogens with zero attached hydrogens (tertiary/aromatic N) is 2. The standard InChI is InChI=1S/C10H10N2OS.C7H13NOS/c1-8-5-12-10(6-11-8)14-7-9-3-2-4-13-9;1-6-7(2-4-9-6)8-3-5-10-7/h2-6H,7H2,1H3;6,8H,2-5H2,1H3. The maximum Gasteiger partial charge on any atom is 0.115 e. The minimum absolute atomic E-state index is 0.292. The number of hydrogen-bond donors (Lipinski definition) is 1. The summed E-state index contributed by atoms with van der Waals surface area (Å²) in [5, 5.41) is 4.44. The van der Waals surface area contributed by atoms with E-state index in [0.29, 0.717) is 11.0 Å². The van der Waals surface area contributed by atoms with Crippen molar-refractivity contribution in [3.05, 3.63) is 42.2 Å². The molecule has 24 heavy (non-hydrogen) atoms. The normalized spacial score (nSPS) is 25.7. The van der Waals surface area contributed by atoms with E-state index in [-0.39, 0.29) is 0 Å². The van der Waals surface area contributed by atoms with Crippen LogP contribution in [-0.4, -0.2) is 39.8 Å². The Morgan fingerprint density at radius 3 is 2.92 bits per heavy atom. The predicted octanol–water partition coefficient (Wildman–Crippen LogP) is 3.50. The second kappa shape index (κ2) is 8.38. The van der Waals surface area contributed by atoms with Crippen LogP contribution in [0.15, 0.2) is 40.2 Å². The number of nitrogens with one attached hydrogen (secondary N) is 1. The number of aromatic nitrogens is 2. The molecule has 2 atom stereocenters. The largest absolute Gasteiger partial charge is 0.468 e. The molecular weight excluding hydrogens is 342 g/mol. The van der Waals surface area contributed by atoms with Crippen LogP contribution >= 0.6 is 23.5 Å². The Morgan fingerprint density at radius 1 is 1.42 bits per heavy atom. The highest BCUT2D eigenvalue weighted by atomic mass is 32.2. The van der Waals surface area contributed by atoms with E-state index in [1.165, 1.54) is 12.2 Å². The lowest BCUT2D eigenvalue weighted by atomic mass is 10.1. The number of aryl methyl sites for hydroxylation is 1. The maximum atomic E-state index is 5.51. The summed E-state index contributed by atoms with van der Waals surface area (Å²) in [5.41, 5.74) is 0.937. The second-order valence-electron chi connectivity index (χ2n) is 5.79. The Morgan fingerprint density at radius 2 is 2.33 bits per heavy atom. The third kappa shape index (κ3) is 4.53. The van der Waals surface area contributed by atoms with Crippen molar-refractivity contribution in [3.63, 3.8) is 0 Å². The molecule has 2 aromatic rings. The van der Waals surface area contributed by atoms with Gasteiger partial charge in [0.05, 0.1) is 34.9 Å². The van der Waals surface area contributed by atoms with Gasteiger partial charge in [-0.3, -0.25) is 10.3 Å². The first-order valence-corrected chi connectivity index (χ1v) is 10.1. The van der Waals surface area contributed by atoms with Gasteiger partial charge in [-0.1, -0.05) is 11.8 Å². The third-order valence-electron chi connectivity index (χ3n) is 4.08. The molecule has 4 rings (SSSR count). The summed E-state index contributed by atoms with van der Waals surface area (Å²) in [5.74, 6) is 3.00. The molecule has 2 aliphatic heterocycles. The van der Waals surface area contributed by atoms with Crippen LogP contribution in [0.3, 0.4) is 0 Å². The SMILES string of the molecule is CC1OCCC12NCCS2.Cc1cnc(SCc2ccco2)cn1. The van der Waals surface area contributed by atoms with E-state index < -0.39 is 0 Å². The molecule has 2 aromatic heterocycles. The van der Waals surface area contributed by atoms with E-state index in [4.69, 9.17) is 9.15 Å². The highest BCUT2D eigenvalue weighted by Gasteiger charge is 2.44. The average molecular weight is 366 g/mol. The van der Waals surface area contributed by atoms with E-state index in [1.54, 1.807) is 30.4 Å². The number of hydrogen-bond acceptors (Lipinski definition) is 7. The molecule has 2 fully saturated rings. The first-order chi connectivity index (χ1) is 11.7. The number of thioether (sulfide) groups is 2. The van der Waals surface area contributed by atoms with Gasteiger partial charge in [0.15, 0.2) is 0 Å². The van der Waals surface area contributed by atoms with Crippen LogP contribution in [0.25, 0.3) is 0 Å². The minimum Gasteiger partial charge on any atom is -0.468 e. The molecule has 0 radical (unpaired) electrons. The van der Waals surface area contributed by atoms with Crippen molar-refractivity contribution in [2.75, 3.05) is 18.9 Å². The second-order valence-corrected chi connectivity index (χ2v) is 8.21. The van der Waals surface area contributed by atoms with Gasteiger partial charge in [-0.2, -0.15) is 0 Å². The van der Waals surface area contributed by atoms with Crippen LogP contribution < -0.4 is 5.32 Å². The molecule has 5 nitrogen and oxygen atoms in total. The third-order valence-corrected chi connectivity index (χ3v) is 6.62. The Bertz CT molecular complexity index is 608. The molecule has 1 N–H and O–H groups in total. The summed E-state index contributed by atoms with van der Waals surface area (Å²) in [6, 6.07) is 3.84. The van der Waals surface area contributed by atoms with Crippen LogP contribution in [0.5, 0.6) is 0 Å². The summed E-state index contributed by atoms with van der Waals surface area (Å²) >= 11 is 3.64. The molecule has 0 aromatic carbocycles. The molecule has 7 heteroatoms. The molecule has 0 amide bonds. The fourth-order valence-corrected chi connectivity index (χ4v) is 4.70. The zero-order valence-electron chi connectivity index (χ0n) is 14.0. The van der Waals surface area contributed by atoms with E-state index >= 15 is 0 Å². The molecular formula is C17H23N3O2S2. The first-order valence-electron chi connectivity index (χ1n) is 8.12. The molecule has 1 spiro atoms. The predicted molar refractivity (Wildman–Crippen MR) is 98.3 cm³/mol. The molecule has 4 heterocycles. The summed E-state index contributed by atoms with van der Waals surface area (Å²) in [6.07, 6.45) is 6.81. The van der Waals surface area contributed by atoms with Gasteiger partial charge in [-0.15, -0.1) is 11.8 Å². The fraction of sp³-hybridized carbons (Fsp3) is 0.529. The van der Waals surface area contributed by atoms with Crippen molar-refractivity contribution in [3.8, 4) is 0 Å². The summed E-state index contributed by atoms with van der Waals surface area (Å²) < 4.78 is 10.7. The Labute approximate surface area is 151 Å². The summed E-state index contributed by atoms with van der Waals surface area (Å²) in [4.78, 5) is 8.69. The van der Waals surface area contributed by atoms with Gasteiger partial charge in [0.2, 0.25) is 0 Å². The van der Waals surface area contributed by atoms with Crippen molar-refractivity contribution < 1.29 is 9.15 Å². The fourth-order valence-electron chi connectivity index (χ4n) is 2.69. The van der Waals surface area contributed by atoms with Crippen LogP contribution in [0.2, 0.25) is 0 Å². The highest BCUT2D eigenvalue weighted by Crippen LogP contribution is 2.39. The molecule has 0 aliphatic carbocycles. The van der Waals surface area contributed by atoms with E-state index in [0.717, 1.165) is 35.4 Å². The molecule has 0 saturated carbocycles. The van der Waals surface area contributed by atoms with Gasteiger partial charge < -0.3 is 9.15 Å². The monoisotopic (exact) mass is 365 g/mol. The van der Waals surface area contributed by atoms with Gasteiger partial charge in [-0.25, -0.2) is 4.98 Å². The smallest absolute Gasteiger partial charge is 0.115 e. The van der Waals surface area contributed by atoms with E-state index in [2.05, 4.69) is 22.2 Å². The minimum atomic E-state index is 0.292. The van der Waals surface area contributed by atoms with Crippen molar-refractivity contribution in [1.29, 1.82) is 0 Å². The zero-order valence-corrected chi connectivity index (χ0v) is 15.7. The molecule has 0 bridgehead atoms.